The highest BCUT2D eigenvalue weighted by atomic mass is 16.4. The highest BCUT2D eigenvalue weighted by Gasteiger charge is 2.02. The molecule has 1 aromatic carbocycles. The number of hydrogen-bond donors (Lipinski definition) is 2. The van der Waals surface area contributed by atoms with E-state index >= 15 is 0 Å². The van der Waals surface area contributed by atoms with Crippen LogP contribution >= 0.6 is 0 Å². The van der Waals surface area contributed by atoms with Gasteiger partial charge in [-0.05, 0) is 36.4 Å². The van der Waals surface area contributed by atoms with Crippen molar-refractivity contribution in [2.75, 3.05) is 5.32 Å². The lowest BCUT2D eigenvalue weighted by atomic mass is 10.2. The molecule has 0 bridgehead atoms. The number of nitriles is 1. The van der Waals surface area contributed by atoms with Gasteiger partial charge in [-0.3, -0.25) is 0 Å². The van der Waals surface area contributed by atoms with Crippen LogP contribution in [0.1, 0.15) is 16.1 Å². The maximum atomic E-state index is 10.7. The molecule has 0 spiro atoms. The molecule has 0 atom stereocenters. The van der Waals surface area contributed by atoms with E-state index in [1.807, 2.05) is 6.07 Å². The molecule has 0 saturated heterocycles. The number of carbonyl (C=O) groups is 1. The Morgan fingerprint density at radius 1 is 1.17 bits per heavy atom. The summed E-state index contributed by atoms with van der Waals surface area (Å²) in [6, 6.07) is 11.6. The van der Waals surface area contributed by atoms with E-state index in [2.05, 4.69) is 10.3 Å². The molecule has 0 saturated carbocycles. The first-order valence-electron chi connectivity index (χ1n) is 5.15. The fourth-order valence-electron chi connectivity index (χ4n) is 1.40. The van der Waals surface area contributed by atoms with E-state index in [0.717, 1.165) is 11.4 Å². The van der Waals surface area contributed by atoms with E-state index in [1.165, 1.54) is 12.1 Å². The van der Waals surface area contributed by atoms with Gasteiger partial charge in [0.05, 0.1) is 17.4 Å². The van der Waals surface area contributed by atoms with E-state index in [0.29, 0.717) is 5.69 Å². The maximum absolute atomic E-state index is 10.7. The van der Waals surface area contributed by atoms with Crippen molar-refractivity contribution in [3.8, 4) is 6.07 Å². The van der Waals surface area contributed by atoms with Crippen LogP contribution in [-0.4, -0.2) is 16.1 Å². The van der Waals surface area contributed by atoms with Crippen LogP contribution in [0.15, 0.2) is 42.6 Å². The molecule has 1 aromatic heterocycles. The van der Waals surface area contributed by atoms with E-state index < -0.39 is 5.97 Å². The molecule has 1 heterocycles. The Kier molecular flexibility index (Phi) is 3.21. The molecule has 5 nitrogen and oxygen atoms in total. The summed E-state index contributed by atoms with van der Waals surface area (Å²) in [5.41, 5.74) is 2.07. The summed E-state index contributed by atoms with van der Waals surface area (Å²) < 4.78 is 0. The van der Waals surface area contributed by atoms with Crippen molar-refractivity contribution in [3.05, 3.63) is 53.9 Å². The maximum Gasteiger partial charge on any atom is 0.335 e. The van der Waals surface area contributed by atoms with Gasteiger partial charge in [-0.15, -0.1) is 0 Å². The summed E-state index contributed by atoms with van der Waals surface area (Å²) >= 11 is 0. The van der Waals surface area contributed by atoms with Crippen molar-refractivity contribution in [1.29, 1.82) is 5.26 Å². The van der Waals surface area contributed by atoms with Crippen LogP contribution < -0.4 is 5.32 Å². The van der Waals surface area contributed by atoms with Gasteiger partial charge in [0.25, 0.3) is 0 Å². The molecule has 5 heteroatoms. The van der Waals surface area contributed by atoms with Crippen molar-refractivity contribution in [1.82, 2.24) is 4.98 Å². The van der Waals surface area contributed by atoms with Crippen molar-refractivity contribution < 1.29 is 9.90 Å². The largest absolute Gasteiger partial charge is 0.478 e. The van der Waals surface area contributed by atoms with Crippen LogP contribution in [0.4, 0.5) is 11.4 Å². The Hall–Kier alpha value is -2.87. The second-order valence-corrected chi connectivity index (χ2v) is 3.55. The third-order valence-electron chi connectivity index (χ3n) is 2.30. The number of benzene rings is 1. The Bertz CT molecular complexity index is 598. The second kappa shape index (κ2) is 4.97. The van der Waals surface area contributed by atoms with Crippen LogP contribution in [0.25, 0.3) is 0 Å². The van der Waals surface area contributed by atoms with Gasteiger partial charge in [0.1, 0.15) is 11.8 Å². The van der Waals surface area contributed by atoms with E-state index in [1.54, 1.807) is 30.5 Å². The molecule has 0 aliphatic heterocycles. The van der Waals surface area contributed by atoms with Crippen molar-refractivity contribution in [2.45, 2.75) is 0 Å². The zero-order chi connectivity index (χ0) is 13.0. The predicted octanol–water partition coefficient (Wildman–Crippen LogP) is 2.40. The lowest BCUT2D eigenvalue weighted by Gasteiger charge is -2.05. The van der Waals surface area contributed by atoms with E-state index in [4.69, 9.17) is 10.4 Å². The molecule has 0 radical (unpaired) electrons. The third kappa shape index (κ3) is 2.62. The van der Waals surface area contributed by atoms with Gasteiger partial charge >= 0.3 is 5.97 Å². The average Bonchev–Trinajstić information content (AvgIpc) is 2.40. The molecule has 2 rings (SSSR count). The molecular formula is C13H9N3O2. The lowest BCUT2D eigenvalue weighted by Crippen LogP contribution is -1.97. The Balaban J connectivity index is 2.13. The molecule has 88 valence electrons. The number of nitrogens with one attached hydrogen (secondary N) is 1. The summed E-state index contributed by atoms with van der Waals surface area (Å²) in [6.45, 7) is 0. The van der Waals surface area contributed by atoms with E-state index in [9.17, 15) is 4.79 Å². The minimum atomic E-state index is -0.957. The molecule has 0 fully saturated rings. The zero-order valence-electron chi connectivity index (χ0n) is 9.29. The average molecular weight is 239 g/mol. The third-order valence-corrected chi connectivity index (χ3v) is 2.30. The monoisotopic (exact) mass is 239 g/mol. The van der Waals surface area contributed by atoms with Gasteiger partial charge in [-0.2, -0.15) is 5.26 Å². The molecule has 2 N–H and O–H groups in total. The molecule has 0 amide bonds. The van der Waals surface area contributed by atoms with Crippen LogP contribution in [0.2, 0.25) is 0 Å². The minimum absolute atomic E-state index is 0.235. The summed E-state index contributed by atoms with van der Waals surface area (Å²) in [5.74, 6) is -0.957. The van der Waals surface area contributed by atoms with Crippen molar-refractivity contribution >= 4 is 17.3 Å². The molecule has 0 unspecified atom stereocenters. The first-order chi connectivity index (χ1) is 8.69. The van der Waals surface area contributed by atoms with Gasteiger partial charge < -0.3 is 10.4 Å². The Morgan fingerprint density at radius 3 is 2.33 bits per heavy atom. The fraction of sp³-hybridized carbons (Fsp3) is 0. The van der Waals surface area contributed by atoms with Crippen LogP contribution in [0.3, 0.4) is 0 Å². The van der Waals surface area contributed by atoms with Gasteiger partial charge in [-0.25, -0.2) is 9.78 Å². The number of rotatable bonds is 3. The normalized spacial score (nSPS) is 9.50. The number of carboxylic acid groups (broad SMARTS) is 1. The van der Waals surface area contributed by atoms with Crippen LogP contribution in [-0.2, 0) is 0 Å². The fourth-order valence-corrected chi connectivity index (χ4v) is 1.40. The molecule has 18 heavy (non-hydrogen) atoms. The standard InChI is InChI=1S/C13H9N3O2/c14-7-11-5-6-12(8-15-11)16-10-3-1-9(2-4-10)13(17)18/h1-6,8,16H,(H,17,18). The van der Waals surface area contributed by atoms with Crippen LogP contribution in [0.5, 0.6) is 0 Å². The number of aromatic carboxylic acids is 1. The number of anilines is 2. The number of carboxylic acids is 1. The Morgan fingerprint density at radius 2 is 1.83 bits per heavy atom. The zero-order valence-corrected chi connectivity index (χ0v) is 9.29. The SMILES string of the molecule is N#Cc1ccc(Nc2ccc(C(=O)O)cc2)cn1. The van der Waals surface area contributed by atoms with Crippen molar-refractivity contribution in [2.24, 2.45) is 0 Å². The topological polar surface area (TPSA) is 86.0 Å². The lowest BCUT2D eigenvalue weighted by molar-refractivity contribution is 0.0697. The molecule has 0 aliphatic carbocycles. The summed E-state index contributed by atoms with van der Waals surface area (Å²) in [7, 11) is 0. The highest BCUT2D eigenvalue weighted by Crippen LogP contribution is 2.16. The Labute approximate surface area is 103 Å². The van der Waals surface area contributed by atoms with E-state index in [-0.39, 0.29) is 5.56 Å². The number of pyridine rings is 1. The van der Waals surface area contributed by atoms with Crippen LogP contribution in [0, 0.1) is 11.3 Å². The first-order valence-corrected chi connectivity index (χ1v) is 5.15. The molecular weight excluding hydrogens is 230 g/mol. The van der Waals surface area contributed by atoms with Gasteiger partial charge in [0, 0.05) is 5.69 Å². The molecule has 0 aliphatic rings. The van der Waals surface area contributed by atoms with Gasteiger partial charge in [0.15, 0.2) is 0 Å². The highest BCUT2D eigenvalue weighted by molar-refractivity contribution is 5.88. The van der Waals surface area contributed by atoms with Gasteiger partial charge in [0.2, 0.25) is 0 Å². The minimum Gasteiger partial charge on any atom is -0.478 e. The first kappa shape index (κ1) is 11.6. The predicted molar refractivity (Wildman–Crippen MR) is 65.6 cm³/mol. The number of hydrogen-bond acceptors (Lipinski definition) is 4. The summed E-state index contributed by atoms with van der Waals surface area (Å²) in [6.07, 6.45) is 1.55. The number of nitrogens with zero attached hydrogens (tertiary/aromatic N) is 2. The smallest absolute Gasteiger partial charge is 0.335 e. The van der Waals surface area contributed by atoms with Gasteiger partial charge in [-0.1, -0.05) is 0 Å². The summed E-state index contributed by atoms with van der Waals surface area (Å²) in [5, 5.41) is 20.4. The summed E-state index contributed by atoms with van der Waals surface area (Å²) in [4.78, 5) is 14.6. The second-order valence-electron chi connectivity index (χ2n) is 3.55. The quantitative estimate of drug-likeness (QED) is 0.858. The van der Waals surface area contributed by atoms with Crippen molar-refractivity contribution in [3.63, 3.8) is 0 Å². The molecule has 2 aromatic rings. The number of aromatic nitrogens is 1.